The molecule has 0 saturated carbocycles. The Morgan fingerprint density at radius 3 is 2.09 bits per heavy atom. The van der Waals surface area contributed by atoms with E-state index in [1.165, 1.54) is 12.1 Å². The maximum Gasteiger partial charge on any atom is 0.408 e. The Labute approximate surface area is 183 Å². The van der Waals surface area contributed by atoms with Crippen LogP contribution in [0, 0.1) is 0 Å². The van der Waals surface area contributed by atoms with Gasteiger partial charge in [0.2, 0.25) is 5.91 Å². The minimum atomic E-state index is -1.44. The van der Waals surface area contributed by atoms with Gasteiger partial charge in [0.25, 0.3) is 0 Å². The van der Waals surface area contributed by atoms with Crippen LogP contribution in [0.5, 0.6) is 5.75 Å². The number of aliphatic carboxylic acids is 2. The molecule has 0 heterocycles. The number of nitrogens with one attached hydrogen (secondary N) is 2. The molecular weight excluding hydrogens is 420 g/mol. The number of phenols is 1. The summed E-state index contributed by atoms with van der Waals surface area (Å²) in [5.74, 6) is -3.39. The van der Waals surface area contributed by atoms with E-state index in [0.29, 0.717) is 5.56 Å². The molecule has 170 valence electrons. The van der Waals surface area contributed by atoms with Crippen molar-refractivity contribution in [2.24, 2.45) is 0 Å². The smallest absolute Gasteiger partial charge is 0.408 e. The fraction of sp³-hybridized carbons (Fsp3) is 0.273. The van der Waals surface area contributed by atoms with E-state index < -0.39 is 42.4 Å². The third-order valence-corrected chi connectivity index (χ3v) is 4.46. The summed E-state index contributed by atoms with van der Waals surface area (Å²) >= 11 is 0. The molecular formula is C22H24N2O8. The number of carboxylic acid groups (broad SMARTS) is 2. The summed E-state index contributed by atoms with van der Waals surface area (Å²) in [5, 5.41) is 32.2. The monoisotopic (exact) mass is 444 g/mol. The highest BCUT2D eigenvalue weighted by molar-refractivity contribution is 5.89. The predicted octanol–water partition coefficient (Wildman–Crippen LogP) is 1.66. The van der Waals surface area contributed by atoms with Crippen LogP contribution in [-0.2, 0) is 32.1 Å². The van der Waals surface area contributed by atoms with Crippen LogP contribution in [0.15, 0.2) is 54.6 Å². The van der Waals surface area contributed by atoms with Gasteiger partial charge < -0.3 is 30.7 Å². The van der Waals surface area contributed by atoms with Crippen molar-refractivity contribution >= 4 is 23.9 Å². The van der Waals surface area contributed by atoms with Crippen molar-refractivity contribution in [3.63, 3.8) is 0 Å². The van der Waals surface area contributed by atoms with Crippen molar-refractivity contribution in [1.82, 2.24) is 10.6 Å². The van der Waals surface area contributed by atoms with Crippen molar-refractivity contribution < 1.29 is 39.2 Å². The number of rotatable bonds is 11. The van der Waals surface area contributed by atoms with Crippen LogP contribution < -0.4 is 10.6 Å². The summed E-state index contributed by atoms with van der Waals surface area (Å²) in [6.45, 7) is -0.0312. The highest BCUT2D eigenvalue weighted by Crippen LogP contribution is 2.12. The number of ether oxygens (including phenoxy) is 1. The molecule has 1 unspecified atom stereocenters. The van der Waals surface area contributed by atoms with Crippen LogP contribution in [0.2, 0.25) is 0 Å². The zero-order chi connectivity index (χ0) is 23.5. The topological polar surface area (TPSA) is 162 Å². The fourth-order valence-electron chi connectivity index (χ4n) is 2.78. The highest BCUT2D eigenvalue weighted by atomic mass is 16.5. The first kappa shape index (κ1) is 24.2. The molecule has 2 atom stereocenters. The Morgan fingerprint density at radius 1 is 0.844 bits per heavy atom. The number of carbonyl (C=O) groups excluding carboxylic acids is 2. The van der Waals surface area contributed by atoms with E-state index in [4.69, 9.17) is 9.84 Å². The molecule has 0 radical (unpaired) electrons. The minimum Gasteiger partial charge on any atom is -0.508 e. The lowest BCUT2D eigenvalue weighted by Crippen LogP contribution is -2.52. The van der Waals surface area contributed by atoms with Gasteiger partial charge in [0.15, 0.2) is 0 Å². The molecule has 2 amide bonds. The average Bonchev–Trinajstić information content (AvgIpc) is 2.76. The van der Waals surface area contributed by atoms with Crippen molar-refractivity contribution in [2.45, 2.75) is 38.0 Å². The Bertz CT molecular complexity index is 931. The lowest BCUT2D eigenvalue weighted by molar-refractivity contribution is -0.143. The summed E-state index contributed by atoms with van der Waals surface area (Å²) in [7, 11) is 0. The van der Waals surface area contributed by atoms with Crippen molar-refractivity contribution in [1.29, 1.82) is 0 Å². The summed E-state index contributed by atoms with van der Waals surface area (Å²) in [4.78, 5) is 47.2. The van der Waals surface area contributed by atoms with Crippen LogP contribution in [0.25, 0.3) is 0 Å². The second-order valence-electron chi connectivity index (χ2n) is 6.96. The Kier molecular flexibility index (Phi) is 9.03. The molecule has 0 bridgehead atoms. The summed E-state index contributed by atoms with van der Waals surface area (Å²) < 4.78 is 5.13. The number of carboxylic acids is 2. The molecule has 0 aliphatic carbocycles. The number of aromatic hydroxyl groups is 1. The molecule has 5 N–H and O–H groups in total. The standard InChI is InChI=1S/C22H24N2O8/c25-16-8-6-14(7-9-16)12-18(20(28)23-17(21(29)30)10-11-19(26)27)24-22(31)32-13-15-4-2-1-3-5-15/h1-9,17-18,25H,10-13H2,(H,23,28)(H,24,31)(H,26,27)(H,29,30)/t17?,18-/m0/s1. The molecule has 0 aliphatic heterocycles. The Balaban J connectivity index is 2.08. The number of amides is 2. The summed E-state index contributed by atoms with van der Waals surface area (Å²) in [6.07, 6.45) is -1.67. The average molecular weight is 444 g/mol. The molecule has 0 aliphatic rings. The quantitative estimate of drug-likeness (QED) is 0.349. The number of benzene rings is 2. The maximum atomic E-state index is 12.7. The van der Waals surface area contributed by atoms with Crippen LogP contribution in [-0.4, -0.2) is 51.3 Å². The first-order valence-corrected chi connectivity index (χ1v) is 9.74. The zero-order valence-corrected chi connectivity index (χ0v) is 17.1. The van der Waals surface area contributed by atoms with E-state index >= 15 is 0 Å². The number of hydrogen-bond donors (Lipinski definition) is 5. The molecule has 0 aromatic heterocycles. The van der Waals surface area contributed by atoms with Crippen molar-refractivity contribution in [2.75, 3.05) is 0 Å². The number of phenolic OH excluding ortho intramolecular Hbond substituents is 1. The molecule has 2 aromatic rings. The van der Waals surface area contributed by atoms with Crippen molar-refractivity contribution in [3.05, 3.63) is 65.7 Å². The van der Waals surface area contributed by atoms with Gasteiger partial charge in [-0.15, -0.1) is 0 Å². The van der Waals surface area contributed by atoms with E-state index in [-0.39, 0.29) is 25.2 Å². The Morgan fingerprint density at radius 2 is 1.50 bits per heavy atom. The second-order valence-corrected chi connectivity index (χ2v) is 6.96. The minimum absolute atomic E-state index is 0.0161. The van der Waals surface area contributed by atoms with Crippen LogP contribution >= 0.6 is 0 Å². The van der Waals surface area contributed by atoms with Gasteiger partial charge in [-0.2, -0.15) is 0 Å². The summed E-state index contributed by atoms with van der Waals surface area (Å²) in [5.41, 5.74) is 1.32. The molecule has 0 fully saturated rings. The highest BCUT2D eigenvalue weighted by Gasteiger charge is 2.27. The number of hydrogen-bond acceptors (Lipinski definition) is 6. The molecule has 0 spiro atoms. The first-order valence-electron chi connectivity index (χ1n) is 9.74. The predicted molar refractivity (Wildman–Crippen MR) is 112 cm³/mol. The Hall–Kier alpha value is -4.08. The SMILES string of the molecule is O=C(O)CCC(NC(=O)[C@H](Cc1ccc(O)cc1)NC(=O)OCc1ccccc1)C(=O)O. The van der Waals surface area contributed by atoms with E-state index in [1.54, 1.807) is 36.4 Å². The molecule has 0 saturated heterocycles. The third kappa shape index (κ3) is 8.34. The molecule has 10 heteroatoms. The third-order valence-electron chi connectivity index (χ3n) is 4.46. The van der Waals surface area contributed by atoms with Gasteiger partial charge >= 0.3 is 18.0 Å². The van der Waals surface area contributed by atoms with E-state index in [9.17, 15) is 29.4 Å². The van der Waals surface area contributed by atoms with Gasteiger partial charge in [-0.25, -0.2) is 9.59 Å². The van der Waals surface area contributed by atoms with Gasteiger partial charge in [0, 0.05) is 12.8 Å². The van der Waals surface area contributed by atoms with Crippen molar-refractivity contribution in [3.8, 4) is 5.75 Å². The van der Waals surface area contributed by atoms with Gasteiger partial charge in [-0.05, 0) is 29.7 Å². The lowest BCUT2D eigenvalue weighted by atomic mass is 10.0. The largest absolute Gasteiger partial charge is 0.508 e. The van der Waals surface area contributed by atoms with Crippen LogP contribution in [0.4, 0.5) is 4.79 Å². The van der Waals surface area contributed by atoms with E-state index in [0.717, 1.165) is 5.56 Å². The van der Waals surface area contributed by atoms with Gasteiger partial charge in [0.1, 0.15) is 24.4 Å². The first-order chi connectivity index (χ1) is 15.2. The second kappa shape index (κ2) is 11.9. The molecule has 32 heavy (non-hydrogen) atoms. The number of alkyl carbamates (subject to hydrolysis) is 1. The van der Waals surface area contributed by atoms with Gasteiger partial charge in [-0.3, -0.25) is 9.59 Å². The normalized spacial score (nSPS) is 12.2. The molecule has 2 rings (SSSR count). The maximum absolute atomic E-state index is 12.7. The molecule has 10 nitrogen and oxygen atoms in total. The lowest BCUT2D eigenvalue weighted by Gasteiger charge is -2.21. The fourth-order valence-corrected chi connectivity index (χ4v) is 2.78. The van der Waals surface area contributed by atoms with Crippen LogP contribution in [0.1, 0.15) is 24.0 Å². The zero-order valence-electron chi connectivity index (χ0n) is 17.1. The van der Waals surface area contributed by atoms with Gasteiger partial charge in [0.05, 0.1) is 0 Å². The number of carbonyl (C=O) groups is 4. The van der Waals surface area contributed by atoms with Crippen LogP contribution in [0.3, 0.4) is 0 Å². The van der Waals surface area contributed by atoms with Gasteiger partial charge in [-0.1, -0.05) is 42.5 Å². The summed E-state index contributed by atoms with van der Waals surface area (Å²) in [6, 6.07) is 12.2. The molecule has 2 aromatic carbocycles. The van der Waals surface area contributed by atoms with E-state index in [1.807, 2.05) is 6.07 Å². The van der Waals surface area contributed by atoms with E-state index in [2.05, 4.69) is 10.6 Å².